The van der Waals surface area contributed by atoms with Crippen LogP contribution in [0.1, 0.15) is 23.7 Å². The van der Waals surface area contributed by atoms with E-state index in [4.69, 9.17) is 18.9 Å². The predicted octanol–water partition coefficient (Wildman–Crippen LogP) is 4.42. The van der Waals surface area contributed by atoms with Gasteiger partial charge in [0.25, 0.3) is 0 Å². The van der Waals surface area contributed by atoms with E-state index in [2.05, 4.69) is 0 Å². The van der Waals surface area contributed by atoms with Crippen molar-refractivity contribution >= 4 is 13.6 Å². The van der Waals surface area contributed by atoms with Crippen LogP contribution in [0, 0.1) is 0 Å². The quantitative estimate of drug-likeness (QED) is 0.280. The number of esters is 1. The second-order valence-corrected chi connectivity index (χ2v) is 7.89. The summed E-state index contributed by atoms with van der Waals surface area (Å²) in [6.45, 7) is 1.21. The number of para-hydroxylation sites is 1. The molecular weight excluding hydrogens is 367 g/mol. The number of hydrogen-bond acceptors (Lipinski definition) is 6. The average Bonchev–Trinajstić information content (AvgIpc) is 2.69. The summed E-state index contributed by atoms with van der Waals surface area (Å²) in [5.74, 6) is -0.170. The number of benzene rings is 2. The number of aliphatic hydroxyl groups excluding tert-OH is 1. The topological polar surface area (TPSA) is 82.1 Å². The van der Waals surface area contributed by atoms with Gasteiger partial charge in [-0.05, 0) is 37.6 Å². The number of allylic oxidation sites excluding steroid dienone is 1. The van der Waals surface area contributed by atoms with Gasteiger partial charge in [0, 0.05) is 0 Å². The van der Waals surface area contributed by atoms with Gasteiger partial charge < -0.3 is 14.4 Å². The maximum absolute atomic E-state index is 13.0. The Kier molecular flexibility index (Phi) is 8.27. The SMILES string of the molecule is C/C(=C\CCP(=O)(OCOC(=O)c1ccccc1)Oc1ccccc1)CO. The van der Waals surface area contributed by atoms with Crippen molar-refractivity contribution in [2.45, 2.75) is 13.3 Å². The Morgan fingerprint density at radius 2 is 1.70 bits per heavy atom. The van der Waals surface area contributed by atoms with E-state index in [9.17, 15) is 9.36 Å². The lowest BCUT2D eigenvalue weighted by Crippen LogP contribution is -2.11. The van der Waals surface area contributed by atoms with Crippen LogP contribution < -0.4 is 4.52 Å². The van der Waals surface area contributed by atoms with Crippen LogP contribution in [-0.4, -0.2) is 30.6 Å². The molecule has 27 heavy (non-hydrogen) atoms. The molecule has 1 atom stereocenters. The lowest BCUT2D eigenvalue weighted by molar-refractivity contribution is 0.0131. The number of hydrogen-bond donors (Lipinski definition) is 1. The van der Waals surface area contributed by atoms with Crippen molar-refractivity contribution in [1.82, 2.24) is 0 Å². The lowest BCUT2D eigenvalue weighted by atomic mass is 10.2. The number of aliphatic hydroxyl groups is 1. The molecule has 1 N–H and O–H groups in total. The van der Waals surface area contributed by atoms with Gasteiger partial charge in [0.1, 0.15) is 5.75 Å². The van der Waals surface area contributed by atoms with Gasteiger partial charge in [0.05, 0.1) is 18.3 Å². The van der Waals surface area contributed by atoms with Crippen molar-refractivity contribution in [3.05, 3.63) is 77.9 Å². The lowest BCUT2D eigenvalue weighted by Gasteiger charge is -2.19. The number of carbonyl (C=O) groups is 1. The van der Waals surface area contributed by atoms with Gasteiger partial charge in [-0.25, -0.2) is 9.36 Å². The van der Waals surface area contributed by atoms with E-state index in [-0.39, 0.29) is 12.8 Å². The molecule has 0 saturated heterocycles. The molecule has 6 nitrogen and oxygen atoms in total. The van der Waals surface area contributed by atoms with Crippen LogP contribution in [0.15, 0.2) is 72.3 Å². The molecule has 0 heterocycles. The normalized spacial score (nSPS) is 13.6. The van der Waals surface area contributed by atoms with Crippen molar-refractivity contribution in [2.75, 3.05) is 19.6 Å². The molecule has 0 bridgehead atoms. The van der Waals surface area contributed by atoms with Gasteiger partial charge in [-0.15, -0.1) is 0 Å². The van der Waals surface area contributed by atoms with Crippen molar-refractivity contribution in [3.63, 3.8) is 0 Å². The molecule has 7 heteroatoms. The first-order chi connectivity index (χ1) is 13.0. The van der Waals surface area contributed by atoms with E-state index in [0.717, 1.165) is 5.57 Å². The summed E-state index contributed by atoms with van der Waals surface area (Å²) >= 11 is 0. The van der Waals surface area contributed by atoms with Gasteiger partial charge in [-0.2, -0.15) is 0 Å². The Balaban J connectivity index is 1.98. The molecule has 0 fully saturated rings. The van der Waals surface area contributed by atoms with Crippen LogP contribution in [0.2, 0.25) is 0 Å². The van der Waals surface area contributed by atoms with Crippen LogP contribution in [0.4, 0.5) is 0 Å². The highest BCUT2D eigenvalue weighted by atomic mass is 31.2. The Hall–Kier alpha value is -2.40. The van der Waals surface area contributed by atoms with Crippen LogP contribution >= 0.6 is 7.60 Å². The molecule has 0 aliphatic rings. The first-order valence-electron chi connectivity index (χ1n) is 8.49. The summed E-state index contributed by atoms with van der Waals surface area (Å²) in [6, 6.07) is 17.1. The standard InChI is InChI=1S/C20H23O6P/c1-17(15-21)9-8-14-27(23,26-19-12-6-3-7-13-19)25-16-24-20(22)18-10-4-2-5-11-18/h2-7,9-13,21H,8,14-16H2,1H3/b17-9+. The van der Waals surface area contributed by atoms with Gasteiger partial charge in [-0.3, -0.25) is 4.52 Å². The summed E-state index contributed by atoms with van der Waals surface area (Å²) in [7, 11) is -3.56. The molecule has 0 spiro atoms. The van der Waals surface area contributed by atoms with E-state index < -0.39 is 20.4 Å². The highest BCUT2D eigenvalue weighted by Crippen LogP contribution is 2.49. The monoisotopic (exact) mass is 390 g/mol. The molecule has 0 radical (unpaired) electrons. The first-order valence-corrected chi connectivity index (χ1v) is 10.2. The third-order valence-electron chi connectivity index (χ3n) is 3.58. The second kappa shape index (κ2) is 10.7. The second-order valence-electron chi connectivity index (χ2n) is 5.78. The van der Waals surface area contributed by atoms with Crippen LogP contribution in [0.5, 0.6) is 5.75 Å². The van der Waals surface area contributed by atoms with Crippen molar-refractivity contribution in [1.29, 1.82) is 0 Å². The maximum Gasteiger partial charge on any atom is 0.382 e. The number of rotatable bonds is 10. The third kappa shape index (κ3) is 7.39. The molecular formula is C20H23O6P. The Bertz CT molecular complexity index is 789. The molecule has 2 rings (SSSR count). The van der Waals surface area contributed by atoms with Gasteiger partial charge in [-0.1, -0.05) is 48.0 Å². The Morgan fingerprint density at radius 3 is 2.33 bits per heavy atom. The zero-order valence-electron chi connectivity index (χ0n) is 15.1. The van der Waals surface area contributed by atoms with Crippen LogP contribution in [0.25, 0.3) is 0 Å². The molecule has 2 aromatic rings. The van der Waals surface area contributed by atoms with Crippen molar-refractivity contribution in [3.8, 4) is 5.75 Å². The molecule has 0 aliphatic carbocycles. The average molecular weight is 390 g/mol. The summed E-state index contributed by atoms with van der Waals surface area (Å²) in [6.07, 6.45) is 2.24. The minimum Gasteiger partial charge on any atom is -0.434 e. The molecule has 0 amide bonds. The van der Waals surface area contributed by atoms with Gasteiger partial charge in [0.15, 0.2) is 0 Å². The van der Waals surface area contributed by atoms with E-state index in [1.54, 1.807) is 67.6 Å². The van der Waals surface area contributed by atoms with Crippen LogP contribution in [0.3, 0.4) is 0 Å². The summed E-state index contributed by atoms with van der Waals surface area (Å²) in [4.78, 5) is 12.0. The molecule has 2 aromatic carbocycles. The molecule has 0 aromatic heterocycles. The van der Waals surface area contributed by atoms with E-state index in [0.29, 0.717) is 17.7 Å². The zero-order chi connectivity index (χ0) is 19.5. The van der Waals surface area contributed by atoms with Gasteiger partial charge in [0.2, 0.25) is 6.79 Å². The van der Waals surface area contributed by atoms with Crippen molar-refractivity contribution in [2.24, 2.45) is 0 Å². The van der Waals surface area contributed by atoms with Crippen LogP contribution in [-0.2, 0) is 13.8 Å². The summed E-state index contributed by atoms with van der Waals surface area (Å²) in [5, 5.41) is 9.05. The fraction of sp³-hybridized carbons (Fsp3) is 0.250. The highest BCUT2D eigenvalue weighted by molar-refractivity contribution is 7.54. The van der Waals surface area contributed by atoms with Gasteiger partial charge >= 0.3 is 13.6 Å². The molecule has 0 aliphatic heterocycles. The van der Waals surface area contributed by atoms with E-state index in [1.165, 1.54) is 0 Å². The zero-order valence-corrected chi connectivity index (χ0v) is 16.0. The largest absolute Gasteiger partial charge is 0.434 e. The number of carbonyl (C=O) groups excluding carboxylic acids is 1. The summed E-state index contributed by atoms with van der Waals surface area (Å²) < 4.78 is 29.0. The Morgan fingerprint density at radius 1 is 1.07 bits per heavy atom. The smallest absolute Gasteiger partial charge is 0.382 e. The minimum absolute atomic E-state index is 0.0700. The predicted molar refractivity (Wildman–Crippen MR) is 103 cm³/mol. The first kappa shape index (κ1) is 20.9. The van der Waals surface area contributed by atoms with E-state index >= 15 is 0 Å². The fourth-order valence-corrected chi connectivity index (χ4v) is 3.50. The molecule has 144 valence electrons. The third-order valence-corrected chi connectivity index (χ3v) is 5.38. The highest BCUT2D eigenvalue weighted by Gasteiger charge is 2.26. The minimum atomic E-state index is -3.56. The molecule has 1 unspecified atom stereocenters. The molecule has 0 saturated carbocycles. The maximum atomic E-state index is 13.0. The number of ether oxygens (including phenoxy) is 1. The fourth-order valence-electron chi connectivity index (χ4n) is 2.13. The van der Waals surface area contributed by atoms with E-state index in [1.807, 2.05) is 6.07 Å². The Labute approximate surface area is 158 Å². The van der Waals surface area contributed by atoms with Crippen molar-refractivity contribution < 1.29 is 28.3 Å². The summed E-state index contributed by atoms with van der Waals surface area (Å²) in [5.41, 5.74) is 1.14.